The number of carbonyl (C=O) groups is 1. The lowest BCUT2D eigenvalue weighted by Crippen LogP contribution is -2.37. The van der Waals surface area contributed by atoms with Gasteiger partial charge in [0.05, 0.1) is 6.04 Å². The van der Waals surface area contributed by atoms with Gasteiger partial charge in [0.1, 0.15) is 12.2 Å². The smallest absolute Gasteiger partial charge is 0.315 e. The normalized spacial score (nSPS) is 11.9. The van der Waals surface area contributed by atoms with E-state index in [-0.39, 0.29) is 12.1 Å². The molecule has 2 aromatic rings. The number of nitrogens with one attached hydrogen (secondary N) is 3. The average Bonchev–Trinajstić information content (AvgIpc) is 2.91. The van der Waals surface area contributed by atoms with E-state index in [0.717, 1.165) is 15.6 Å². The Morgan fingerprint density at radius 2 is 2.30 bits per heavy atom. The molecule has 6 nitrogen and oxygen atoms in total. The second-order valence-electron chi connectivity index (χ2n) is 4.49. The largest absolute Gasteiger partial charge is 0.334 e. The molecule has 0 saturated carbocycles. The van der Waals surface area contributed by atoms with Gasteiger partial charge in [-0.25, -0.2) is 9.78 Å². The van der Waals surface area contributed by atoms with Crippen LogP contribution in [0, 0.1) is 6.92 Å². The summed E-state index contributed by atoms with van der Waals surface area (Å²) in [5, 5.41) is 12.1. The van der Waals surface area contributed by atoms with Crippen molar-refractivity contribution < 1.29 is 4.79 Å². The quantitative estimate of drug-likeness (QED) is 0.801. The maximum absolute atomic E-state index is 11.8. The molecule has 1 aromatic carbocycles. The van der Waals surface area contributed by atoms with E-state index in [0.29, 0.717) is 12.4 Å². The summed E-state index contributed by atoms with van der Waals surface area (Å²) in [6.45, 7) is 4.33. The molecule has 3 N–H and O–H groups in total. The number of nitrogens with zero attached hydrogens (tertiary/aromatic N) is 2. The number of aromatic amines is 1. The van der Waals surface area contributed by atoms with E-state index in [9.17, 15) is 4.79 Å². The Balaban J connectivity index is 1.86. The Hall–Kier alpha value is -1.89. The monoisotopic (exact) mass is 337 g/mol. The maximum atomic E-state index is 11.8. The molecule has 7 heteroatoms. The van der Waals surface area contributed by atoms with Gasteiger partial charge in [-0.05, 0) is 37.1 Å². The third kappa shape index (κ3) is 3.80. The van der Waals surface area contributed by atoms with Crippen molar-refractivity contribution in [3.8, 4) is 0 Å². The van der Waals surface area contributed by atoms with Crippen molar-refractivity contribution in [2.75, 3.05) is 0 Å². The van der Waals surface area contributed by atoms with Crippen LogP contribution >= 0.6 is 15.9 Å². The number of H-pyrrole nitrogens is 1. The second-order valence-corrected chi connectivity index (χ2v) is 5.41. The minimum absolute atomic E-state index is 0.219. The Labute approximate surface area is 125 Å². The molecule has 0 fully saturated rings. The highest BCUT2D eigenvalue weighted by Crippen LogP contribution is 2.15. The number of aryl methyl sites for hydroxylation is 1. The number of aromatic nitrogens is 3. The summed E-state index contributed by atoms with van der Waals surface area (Å²) in [6.07, 6.45) is 1.41. The molecule has 0 aliphatic rings. The summed E-state index contributed by atoms with van der Waals surface area (Å²) in [6, 6.07) is 5.50. The maximum Gasteiger partial charge on any atom is 0.315 e. The average molecular weight is 338 g/mol. The van der Waals surface area contributed by atoms with Crippen LogP contribution in [-0.4, -0.2) is 21.2 Å². The lowest BCUT2D eigenvalue weighted by Gasteiger charge is -2.13. The van der Waals surface area contributed by atoms with E-state index in [2.05, 4.69) is 41.7 Å². The molecule has 1 aromatic heterocycles. The topological polar surface area (TPSA) is 82.7 Å². The first-order valence-corrected chi connectivity index (χ1v) is 7.00. The van der Waals surface area contributed by atoms with Gasteiger partial charge in [-0.15, -0.1) is 0 Å². The van der Waals surface area contributed by atoms with Gasteiger partial charge in [-0.3, -0.25) is 5.10 Å². The van der Waals surface area contributed by atoms with Crippen LogP contribution in [0.1, 0.15) is 29.9 Å². The van der Waals surface area contributed by atoms with E-state index >= 15 is 0 Å². The van der Waals surface area contributed by atoms with Crippen LogP contribution in [-0.2, 0) is 6.54 Å². The second kappa shape index (κ2) is 6.51. The van der Waals surface area contributed by atoms with Crippen LogP contribution in [0.4, 0.5) is 4.79 Å². The predicted octanol–water partition coefficient (Wildman–Crippen LogP) is 2.44. The number of urea groups is 1. The molecule has 2 amide bonds. The third-order valence-electron chi connectivity index (χ3n) is 2.94. The molecular weight excluding hydrogens is 322 g/mol. The van der Waals surface area contributed by atoms with Crippen molar-refractivity contribution in [1.82, 2.24) is 25.8 Å². The van der Waals surface area contributed by atoms with Crippen LogP contribution in [0.25, 0.3) is 0 Å². The molecule has 0 aliphatic heterocycles. The van der Waals surface area contributed by atoms with Crippen LogP contribution in [0.2, 0.25) is 0 Å². The summed E-state index contributed by atoms with van der Waals surface area (Å²) >= 11 is 3.42. The highest BCUT2D eigenvalue weighted by molar-refractivity contribution is 9.10. The minimum Gasteiger partial charge on any atom is -0.334 e. The summed E-state index contributed by atoms with van der Waals surface area (Å²) in [5.74, 6) is 0.625. The fourth-order valence-corrected chi connectivity index (χ4v) is 2.25. The van der Waals surface area contributed by atoms with E-state index in [1.165, 1.54) is 6.33 Å². The number of rotatable bonds is 4. The number of amides is 2. The molecule has 0 radical (unpaired) electrons. The van der Waals surface area contributed by atoms with Crippen molar-refractivity contribution in [2.45, 2.75) is 26.4 Å². The minimum atomic E-state index is -0.240. The first-order valence-electron chi connectivity index (χ1n) is 6.21. The number of benzene rings is 1. The molecular formula is C13H16BrN5O. The van der Waals surface area contributed by atoms with Gasteiger partial charge in [0.25, 0.3) is 0 Å². The van der Waals surface area contributed by atoms with Gasteiger partial charge in [0.2, 0.25) is 0 Å². The van der Waals surface area contributed by atoms with Crippen molar-refractivity contribution in [3.63, 3.8) is 0 Å². The Morgan fingerprint density at radius 1 is 1.50 bits per heavy atom. The lowest BCUT2D eigenvalue weighted by molar-refractivity contribution is 0.237. The summed E-state index contributed by atoms with van der Waals surface area (Å²) in [5.41, 5.74) is 2.21. The van der Waals surface area contributed by atoms with Crippen LogP contribution in [0.3, 0.4) is 0 Å². The summed E-state index contributed by atoms with van der Waals surface area (Å²) < 4.78 is 1.03. The van der Waals surface area contributed by atoms with Gasteiger partial charge < -0.3 is 10.6 Å². The van der Waals surface area contributed by atoms with Gasteiger partial charge in [0.15, 0.2) is 0 Å². The predicted molar refractivity (Wildman–Crippen MR) is 79.0 cm³/mol. The van der Waals surface area contributed by atoms with Crippen molar-refractivity contribution in [1.29, 1.82) is 0 Å². The van der Waals surface area contributed by atoms with Crippen molar-refractivity contribution in [2.24, 2.45) is 0 Å². The zero-order valence-electron chi connectivity index (χ0n) is 11.3. The third-order valence-corrected chi connectivity index (χ3v) is 3.43. The lowest BCUT2D eigenvalue weighted by atomic mass is 10.1. The highest BCUT2D eigenvalue weighted by atomic mass is 79.9. The van der Waals surface area contributed by atoms with E-state index in [1.54, 1.807) is 0 Å². The molecule has 0 unspecified atom stereocenters. The first kappa shape index (κ1) is 14.5. The molecule has 1 heterocycles. The van der Waals surface area contributed by atoms with E-state index in [4.69, 9.17) is 0 Å². The Morgan fingerprint density at radius 3 is 2.95 bits per heavy atom. The molecule has 20 heavy (non-hydrogen) atoms. The van der Waals surface area contributed by atoms with Gasteiger partial charge in [0, 0.05) is 11.0 Å². The molecule has 2 rings (SSSR count). The van der Waals surface area contributed by atoms with E-state index < -0.39 is 0 Å². The van der Waals surface area contributed by atoms with Crippen LogP contribution in [0.15, 0.2) is 29.0 Å². The Kier molecular flexibility index (Phi) is 4.73. The first-order chi connectivity index (χ1) is 9.56. The SMILES string of the molecule is Cc1cc(Br)ccc1CNC(=O)N[C@H](C)c1ncn[nH]1. The highest BCUT2D eigenvalue weighted by Gasteiger charge is 2.11. The van der Waals surface area contributed by atoms with Gasteiger partial charge in [-0.2, -0.15) is 5.10 Å². The molecule has 1 atom stereocenters. The standard InChI is InChI=1S/C13H16BrN5O/c1-8-5-11(14)4-3-10(8)6-15-13(20)18-9(2)12-16-7-17-19-12/h3-5,7,9H,6H2,1-2H3,(H2,15,18,20)(H,16,17,19)/t9-/m1/s1. The zero-order valence-corrected chi connectivity index (χ0v) is 12.9. The number of hydrogen-bond donors (Lipinski definition) is 3. The molecule has 0 bridgehead atoms. The van der Waals surface area contributed by atoms with Gasteiger partial charge >= 0.3 is 6.03 Å². The summed E-state index contributed by atoms with van der Waals surface area (Å²) in [4.78, 5) is 15.8. The Bertz CT molecular complexity index is 584. The molecule has 0 saturated heterocycles. The number of hydrogen-bond acceptors (Lipinski definition) is 3. The molecule has 0 spiro atoms. The number of halogens is 1. The number of carbonyl (C=O) groups excluding carboxylic acids is 1. The van der Waals surface area contributed by atoms with E-state index in [1.807, 2.05) is 32.0 Å². The summed E-state index contributed by atoms with van der Waals surface area (Å²) in [7, 11) is 0. The van der Waals surface area contributed by atoms with Crippen molar-refractivity contribution >= 4 is 22.0 Å². The fraction of sp³-hybridized carbons (Fsp3) is 0.308. The van der Waals surface area contributed by atoms with Crippen LogP contribution in [0.5, 0.6) is 0 Å². The van der Waals surface area contributed by atoms with Gasteiger partial charge in [-0.1, -0.05) is 22.0 Å². The zero-order chi connectivity index (χ0) is 14.5. The fourth-order valence-electron chi connectivity index (χ4n) is 1.77. The van der Waals surface area contributed by atoms with Crippen LogP contribution < -0.4 is 10.6 Å². The van der Waals surface area contributed by atoms with Crippen molar-refractivity contribution in [3.05, 3.63) is 46.0 Å². The molecule has 0 aliphatic carbocycles. The molecule has 106 valence electrons.